The summed E-state index contributed by atoms with van der Waals surface area (Å²) >= 11 is -0.0772. The van der Waals surface area contributed by atoms with Crippen LogP contribution >= 0.6 is 22.6 Å². The van der Waals surface area contributed by atoms with E-state index in [2.05, 4.69) is 27.3 Å². The van der Waals surface area contributed by atoms with Gasteiger partial charge in [0.25, 0.3) is 0 Å². The maximum Gasteiger partial charge on any atom is 0.0453 e. The van der Waals surface area contributed by atoms with Crippen LogP contribution in [0.5, 0.6) is 0 Å². The standard InChI is InChI=1S/C6H6INO2S.C2H7N/c7-5-1-3-6(4-2-5)8-11(9)10;1-2-3/h1-4,8H,(H,9,10);2-3H2,1H3/p-1. The molecule has 1 rings (SSSR count). The summed E-state index contributed by atoms with van der Waals surface area (Å²) in [6.07, 6.45) is 0. The van der Waals surface area contributed by atoms with Crippen LogP contribution in [-0.4, -0.2) is 15.3 Å². The molecule has 4 nitrogen and oxygen atoms in total. The molecule has 1 aromatic carbocycles. The number of hydrogen-bond donors (Lipinski definition) is 2. The van der Waals surface area contributed by atoms with Crippen molar-refractivity contribution in [3.8, 4) is 0 Å². The monoisotopic (exact) mass is 327 g/mol. The van der Waals surface area contributed by atoms with Gasteiger partial charge in [0.1, 0.15) is 0 Å². The Balaban J connectivity index is 0.000000500. The van der Waals surface area contributed by atoms with Gasteiger partial charge in [0, 0.05) is 20.5 Å². The normalized spacial score (nSPS) is 11.1. The molecule has 80 valence electrons. The summed E-state index contributed by atoms with van der Waals surface area (Å²) in [5.74, 6) is 0. The van der Waals surface area contributed by atoms with Crippen LogP contribution in [0.2, 0.25) is 0 Å². The molecule has 1 unspecified atom stereocenters. The quantitative estimate of drug-likeness (QED) is 0.638. The Labute approximate surface area is 99.8 Å². The Kier molecular flexibility index (Phi) is 8.05. The van der Waals surface area contributed by atoms with Crippen LogP contribution in [-0.2, 0) is 11.3 Å². The first-order chi connectivity index (χ1) is 6.60. The fraction of sp³-hybridized carbons (Fsp3) is 0.250. The summed E-state index contributed by atoms with van der Waals surface area (Å²) in [5.41, 5.74) is 5.43. The lowest BCUT2D eigenvalue weighted by atomic mass is 10.3. The van der Waals surface area contributed by atoms with E-state index in [1.807, 2.05) is 19.1 Å². The van der Waals surface area contributed by atoms with Gasteiger partial charge in [0.2, 0.25) is 0 Å². The first-order valence-electron chi connectivity index (χ1n) is 3.91. The van der Waals surface area contributed by atoms with Crippen LogP contribution in [0.4, 0.5) is 5.69 Å². The number of nitrogens with one attached hydrogen (secondary N) is 1. The van der Waals surface area contributed by atoms with E-state index in [-0.39, 0.29) is 0 Å². The fourth-order valence-corrected chi connectivity index (χ4v) is 1.30. The Hall–Kier alpha value is -0.180. The second kappa shape index (κ2) is 8.16. The highest BCUT2D eigenvalue weighted by Crippen LogP contribution is 2.10. The molecule has 0 fully saturated rings. The summed E-state index contributed by atoms with van der Waals surface area (Å²) in [6.45, 7) is 2.65. The predicted molar refractivity (Wildman–Crippen MR) is 66.4 cm³/mol. The topological polar surface area (TPSA) is 78.2 Å². The Bertz CT molecular complexity index is 279. The highest BCUT2D eigenvalue weighted by Gasteiger charge is 1.89. The van der Waals surface area contributed by atoms with E-state index in [0.717, 1.165) is 10.1 Å². The number of rotatable bonds is 2. The van der Waals surface area contributed by atoms with Crippen molar-refractivity contribution in [2.75, 3.05) is 11.3 Å². The SMILES string of the molecule is CCN.O=S([O-])Nc1ccc(I)cc1. The maximum absolute atomic E-state index is 10.1. The minimum atomic E-state index is -2.23. The van der Waals surface area contributed by atoms with Crippen LogP contribution in [0.25, 0.3) is 0 Å². The van der Waals surface area contributed by atoms with Gasteiger partial charge >= 0.3 is 0 Å². The van der Waals surface area contributed by atoms with Gasteiger partial charge in [-0.3, -0.25) is 4.21 Å². The number of nitrogens with two attached hydrogens (primary N) is 1. The van der Waals surface area contributed by atoms with Crippen LogP contribution < -0.4 is 10.5 Å². The molecule has 0 aliphatic heterocycles. The summed E-state index contributed by atoms with van der Waals surface area (Å²) < 4.78 is 23.6. The molecule has 0 saturated carbocycles. The zero-order chi connectivity index (χ0) is 11.0. The lowest BCUT2D eigenvalue weighted by Crippen LogP contribution is -2.01. The molecule has 0 aliphatic rings. The van der Waals surface area contributed by atoms with Gasteiger partial charge in [-0.25, -0.2) is 0 Å². The molecule has 0 radical (unpaired) electrons. The molecule has 0 saturated heterocycles. The minimum Gasteiger partial charge on any atom is -0.755 e. The first kappa shape index (κ1) is 13.8. The minimum absolute atomic E-state index is 0.582. The van der Waals surface area contributed by atoms with Gasteiger partial charge < -0.3 is 15.0 Å². The largest absolute Gasteiger partial charge is 0.755 e. The second-order valence-electron chi connectivity index (χ2n) is 2.25. The average Bonchev–Trinajstić information content (AvgIpc) is 2.09. The molecule has 1 aromatic rings. The van der Waals surface area contributed by atoms with E-state index < -0.39 is 11.3 Å². The van der Waals surface area contributed by atoms with Crippen LogP contribution in [0, 0.1) is 3.57 Å². The molecule has 6 heteroatoms. The summed E-state index contributed by atoms with van der Waals surface area (Å²) in [6, 6.07) is 7.07. The van der Waals surface area contributed by atoms with Gasteiger partial charge in [0.05, 0.1) is 0 Å². The van der Waals surface area contributed by atoms with Gasteiger partial charge in [-0.1, -0.05) is 6.92 Å². The molecule has 0 aliphatic carbocycles. The van der Waals surface area contributed by atoms with Gasteiger partial charge in [-0.05, 0) is 53.4 Å². The van der Waals surface area contributed by atoms with Gasteiger partial charge in [-0.2, -0.15) is 0 Å². The van der Waals surface area contributed by atoms with Crippen LogP contribution in [0.1, 0.15) is 6.92 Å². The third-order valence-corrected chi connectivity index (χ3v) is 2.17. The molecule has 0 aromatic heterocycles. The number of anilines is 1. The Morgan fingerprint density at radius 2 is 1.93 bits per heavy atom. The molecule has 1 atom stereocenters. The summed E-state index contributed by atoms with van der Waals surface area (Å²) in [5, 5.41) is 0. The van der Waals surface area contributed by atoms with Gasteiger partial charge in [0.15, 0.2) is 0 Å². The summed E-state index contributed by atoms with van der Waals surface area (Å²) in [4.78, 5) is 0. The van der Waals surface area contributed by atoms with E-state index in [0.29, 0.717) is 5.69 Å². The van der Waals surface area contributed by atoms with Crippen molar-refractivity contribution in [1.29, 1.82) is 0 Å². The molecular formula is C8H12IN2O2S-. The van der Waals surface area contributed by atoms with Crippen molar-refractivity contribution in [1.82, 2.24) is 0 Å². The predicted octanol–water partition coefficient (Wildman–Crippen LogP) is 1.46. The maximum atomic E-state index is 10.1. The summed E-state index contributed by atoms with van der Waals surface area (Å²) in [7, 11) is 0. The number of halogens is 1. The molecule has 14 heavy (non-hydrogen) atoms. The third kappa shape index (κ3) is 7.25. The van der Waals surface area contributed by atoms with Crippen LogP contribution in [0.3, 0.4) is 0 Å². The van der Waals surface area contributed by atoms with Crippen molar-refractivity contribution in [3.05, 3.63) is 27.8 Å². The Morgan fingerprint density at radius 1 is 1.50 bits per heavy atom. The lowest BCUT2D eigenvalue weighted by molar-refractivity contribution is 0.542. The molecule has 0 amide bonds. The smallest absolute Gasteiger partial charge is 0.0453 e. The van der Waals surface area contributed by atoms with Crippen molar-refractivity contribution in [2.24, 2.45) is 5.73 Å². The number of hydrogen-bond acceptors (Lipinski definition) is 3. The highest BCUT2D eigenvalue weighted by molar-refractivity contribution is 14.1. The fourth-order valence-electron chi connectivity index (χ4n) is 0.614. The zero-order valence-electron chi connectivity index (χ0n) is 7.70. The van der Waals surface area contributed by atoms with Crippen molar-refractivity contribution >= 4 is 39.5 Å². The first-order valence-corrected chi connectivity index (χ1v) is 6.07. The second-order valence-corrected chi connectivity index (χ2v) is 4.17. The molecular weight excluding hydrogens is 315 g/mol. The molecule has 0 spiro atoms. The van der Waals surface area contributed by atoms with E-state index >= 15 is 0 Å². The van der Waals surface area contributed by atoms with Crippen molar-refractivity contribution < 1.29 is 8.76 Å². The van der Waals surface area contributed by atoms with E-state index in [9.17, 15) is 8.76 Å². The highest BCUT2D eigenvalue weighted by atomic mass is 127. The third-order valence-electron chi connectivity index (χ3n) is 1.05. The Morgan fingerprint density at radius 3 is 2.29 bits per heavy atom. The number of benzene rings is 1. The van der Waals surface area contributed by atoms with E-state index in [4.69, 9.17) is 5.73 Å². The van der Waals surface area contributed by atoms with Crippen molar-refractivity contribution in [3.63, 3.8) is 0 Å². The van der Waals surface area contributed by atoms with E-state index in [1.165, 1.54) is 0 Å². The molecule has 0 bridgehead atoms. The van der Waals surface area contributed by atoms with Crippen molar-refractivity contribution in [2.45, 2.75) is 6.92 Å². The van der Waals surface area contributed by atoms with Gasteiger partial charge in [-0.15, -0.1) is 0 Å². The molecule has 3 N–H and O–H groups in total. The molecule has 0 heterocycles. The van der Waals surface area contributed by atoms with E-state index in [1.54, 1.807) is 12.1 Å². The average molecular weight is 327 g/mol. The lowest BCUT2D eigenvalue weighted by Gasteiger charge is -2.07. The zero-order valence-corrected chi connectivity index (χ0v) is 10.7. The van der Waals surface area contributed by atoms with Crippen LogP contribution in [0.15, 0.2) is 24.3 Å².